The number of thiazole rings is 1. The summed E-state index contributed by atoms with van der Waals surface area (Å²) in [6.07, 6.45) is 0. The van der Waals surface area contributed by atoms with E-state index in [1.54, 1.807) is 17.4 Å². The van der Waals surface area contributed by atoms with Gasteiger partial charge in [0.05, 0.1) is 25.5 Å². The minimum absolute atomic E-state index is 0.113. The Balaban J connectivity index is 1.73. The molecule has 2 aromatic rings. The summed E-state index contributed by atoms with van der Waals surface area (Å²) in [4.78, 5) is 6.91. The van der Waals surface area contributed by atoms with E-state index in [2.05, 4.69) is 9.88 Å². The molecule has 0 radical (unpaired) electrons. The Morgan fingerprint density at radius 2 is 2.00 bits per heavy atom. The van der Waals surface area contributed by atoms with Gasteiger partial charge in [-0.3, -0.25) is 4.90 Å². The summed E-state index contributed by atoms with van der Waals surface area (Å²) >= 11 is 1.61. The van der Waals surface area contributed by atoms with Crippen molar-refractivity contribution in [2.45, 2.75) is 6.54 Å². The standard InChI is InChI=1S/C14H16N2O3S/c17-12-2-1-10(7-13(12)18)11-9-20-14(15-11)8-16-3-5-19-6-4-16/h1-2,7,9,17-18H,3-6,8H2. The van der Waals surface area contributed by atoms with E-state index in [0.717, 1.165) is 49.1 Å². The molecule has 6 heteroatoms. The largest absolute Gasteiger partial charge is 0.504 e. The van der Waals surface area contributed by atoms with Crippen LogP contribution in [0.3, 0.4) is 0 Å². The average molecular weight is 292 g/mol. The lowest BCUT2D eigenvalue weighted by Gasteiger charge is -2.25. The molecule has 0 bridgehead atoms. The van der Waals surface area contributed by atoms with Crippen molar-refractivity contribution in [3.05, 3.63) is 28.6 Å². The van der Waals surface area contributed by atoms with E-state index in [1.807, 2.05) is 5.38 Å². The van der Waals surface area contributed by atoms with Crippen molar-refractivity contribution in [3.63, 3.8) is 0 Å². The fourth-order valence-electron chi connectivity index (χ4n) is 2.15. The van der Waals surface area contributed by atoms with E-state index in [0.29, 0.717) is 0 Å². The highest BCUT2D eigenvalue weighted by Crippen LogP contribution is 2.31. The average Bonchev–Trinajstić information content (AvgIpc) is 2.91. The molecule has 2 heterocycles. The number of hydrogen-bond donors (Lipinski definition) is 2. The number of hydrogen-bond acceptors (Lipinski definition) is 6. The normalized spacial score (nSPS) is 16.4. The summed E-state index contributed by atoms with van der Waals surface area (Å²) in [7, 11) is 0. The first-order chi connectivity index (χ1) is 9.72. The van der Waals surface area contributed by atoms with Gasteiger partial charge in [0.25, 0.3) is 0 Å². The Morgan fingerprint density at radius 3 is 2.75 bits per heavy atom. The molecule has 0 saturated carbocycles. The summed E-state index contributed by atoms with van der Waals surface area (Å²) in [5, 5.41) is 21.9. The molecule has 3 rings (SSSR count). The fraction of sp³-hybridized carbons (Fsp3) is 0.357. The molecular formula is C14H16N2O3S. The predicted molar refractivity (Wildman–Crippen MR) is 77.0 cm³/mol. The number of morpholine rings is 1. The van der Waals surface area contributed by atoms with Crippen LogP contribution in [0.15, 0.2) is 23.6 Å². The van der Waals surface area contributed by atoms with Crippen molar-refractivity contribution in [1.82, 2.24) is 9.88 Å². The second-order valence-electron chi connectivity index (χ2n) is 4.72. The van der Waals surface area contributed by atoms with Crippen LogP contribution in [0.5, 0.6) is 11.5 Å². The van der Waals surface area contributed by atoms with Crippen LogP contribution in [0.2, 0.25) is 0 Å². The monoisotopic (exact) mass is 292 g/mol. The van der Waals surface area contributed by atoms with Crippen LogP contribution in [0, 0.1) is 0 Å². The van der Waals surface area contributed by atoms with Gasteiger partial charge in [-0.1, -0.05) is 0 Å². The molecule has 1 aliphatic heterocycles. The summed E-state index contributed by atoms with van der Waals surface area (Å²) < 4.78 is 5.33. The number of aromatic hydroxyl groups is 2. The molecular weight excluding hydrogens is 276 g/mol. The Hall–Kier alpha value is -1.63. The second-order valence-corrected chi connectivity index (χ2v) is 5.66. The van der Waals surface area contributed by atoms with E-state index in [1.165, 1.54) is 12.1 Å². The first-order valence-corrected chi connectivity index (χ1v) is 7.37. The zero-order valence-corrected chi connectivity index (χ0v) is 11.8. The predicted octanol–water partition coefficient (Wildman–Crippen LogP) is 2.05. The molecule has 1 fully saturated rings. The number of benzene rings is 1. The van der Waals surface area contributed by atoms with E-state index < -0.39 is 0 Å². The lowest BCUT2D eigenvalue weighted by atomic mass is 10.1. The molecule has 1 aromatic heterocycles. The molecule has 0 aliphatic carbocycles. The maximum atomic E-state index is 9.53. The summed E-state index contributed by atoms with van der Waals surface area (Å²) in [5.41, 5.74) is 1.64. The number of aromatic nitrogens is 1. The Labute approximate surface area is 121 Å². The minimum atomic E-state index is -0.120. The number of nitrogens with zero attached hydrogens (tertiary/aromatic N) is 2. The molecule has 20 heavy (non-hydrogen) atoms. The van der Waals surface area contributed by atoms with Crippen molar-refractivity contribution < 1.29 is 14.9 Å². The first kappa shape index (κ1) is 13.4. The summed E-state index contributed by atoms with van der Waals surface area (Å²) in [6.45, 7) is 4.27. The van der Waals surface area contributed by atoms with Crippen molar-refractivity contribution in [2.75, 3.05) is 26.3 Å². The van der Waals surface area contributed by atoms with E-state index in [-0.39, 0.29) is 11.5 Å². The lowest BCUT2D eigenvalue weighted by molar-refractivity contribution is 0.0342. The molecule has 0 spiro atoms. The van der Waals surface area contributed by atoms with Gasteiger partial charge in [0.15, 0.2) is 11.5 Å². The third-order valence-corrected chi connectivity index (χ3v) is 4.12. The van der Waals surface area contributed by atoms with Gasteiger partial charge >= 0.3 is 0 Å². The zero-order chi connectivity index (χ0) is 13.9. The topological polar surface area (TPSA) is 65.8 Å². The third kappa shape index (κ3) is 2.92. The van der Waals surface area contributed by atoms with Gasteiger partial charge in [-0.2, -0.15) is 0 Å². The highest BCUT2D eigenvalue weighted by molar-refractivity contribution is 7.09. The van der Waals surface area contributed by atoms with Crippen LogP contribution < -0.4 is 0 Å². The van der Waals surface area contributed by atoms with Gasteiger partial charge in [0.1, 0.15) is 5.01 Å². The van der Waals surface area contributed by atoms with Crippen LogP contribution in [0.25, 0.3) is 11.3 Å². The number of rotatable bonds is 3. The van der Waals surface area contributed by atoms with Gasteiger partial charge < -0.3 is 14.9 Å². The zero-order valence-electron chi connectivity index (χ0n) is 11.0. The van der Waals surface area contributed by atoms with E-state index >= 15 is 0 Å². The van der Waals surface area contributed by atoms with Gasteiger partial charge in [0.2, 0.25) is 0 Å². The van der Waals surface area contributed by atoms with Crippen molar-refractivity contribution >= 4 is 11.3 Å². The molecule has 0 unspecified atom stereocenters. The van der Waals surface area contributed by atoms with Gasteiger partial charge in [-0.25, -0.2) is 4.98 Å². The SMILES string of the molecule is Oc1ccc(-c2csc(CN3CCOCC3)n2)cc1O. The Bertz CT molecular complexity index is 594. The molecule has 5 nitrogen and oxygen atoms in total. The first-order valence-electron chi connectivity index (χ1n) is 6.49. The minimum Gasteiger partial charge on any atom is -0.504 e. The number of ether oxygens (including phenoxy) is 1. The van der Waals surface area contributed by atoms with Gasteiger partial charge in [0, 0.05) is 24.0 Å². The third-order valence-electron chi connectivity index (χ3n) is 3.29. The van der Waals surface area contributed by atoms with Crippen molar-refractivity contribution in [3.8, 4) is 22.8 Å². The van der Waals surface area contributed by atoms with Crippen molar-refractivity contribution in [1.29, 1.82) is 0 Å². The number of phenolic OH excluding ortho intramolecular Hbond substituents is 2. The molecule has 1 aliphatic rings. The molecule has 1 aromatic carbocycles. The van der Waals surface area contributed by atoms with Crippen LogP contribution >= 0.6 is 11.3 Å². The smallest absolute Gasteiger partial charge is 0.158 e. The Kier molecular flexibility index (Phi) is 3.86. The van der Waals surface area contributed by atoms with Crippen molar-refractivity contribution in [2.24, 2.45) is 0 Å². The number of phenols is 2. The maximum absolute atomic E-state index is 9.53. The Morgan fingerprint density at radius 1 is 1.20 bits per heavy atom. The van der Waals surface area contributed by atoms with Crippen LogP contribution in [0.4, 0.5) is 0 Å². The molecule has 0 atom stereocenters. The summed E-state index contributed by atoms with van der Waals surface area (Å²) in [5.74, 6) is -0.234. The molecule has 2 N–H and O–H groups in total. The fourth-order valence-corrected chi connectivity index (χ4v) is 2.99. The van der Waals surface area contributed by atoms with Crippen LogP contribution in [-0.4, -0.2) is 46.4 Å². The van der Waals surface area contributed by atoms with Crippen LogP contribution in [-0.2, 0) is 11.3 Å². The van der Waals surface area contributed by atoms with E-state index in [9.17, 15) is 10.2 Å². The molecule has 0 amide bonds. The lowest BCUT2D eigenvalue weighted by Crippen LogP contribution is -2.35. The summed E-state index contributed by atoms with van der Waals surface area (Å²) in [6, 6.07) is 4.76. The van der Waals surface area contributed by atoms with Gasteiger partial charge in [-0.15, -0.1) is 11.3 Å². The van der Waals surface area contributed by atoms with E-state index in [4.69, 9.17) is 4.74 Å². The maximum Gasteiger partial charge on any atom is 0.158 e. The highest BCUT2D eigenvalue weighted by Gasteiger charge is 2.13. The van der Waals surface area contributed by atoms with Crippen LogP contribution in [0.1, 0.15) is 5.01 Å². The van der Waals surface area contributed by atoms with Gasteiger partial charge in [-0.05, 0) is 18.2 Å². The molecule has 106 valence electrons. The highest BCUT2D eigenvalue weighted by atomic mass is 32.1. The quantitative estimate of drug-likeness (QED) is 0.848. The second kappa shape index (κ2) is 5.78. The molecule has 1 saturated heterocycles.